The lowest BCUT2D eigenvalue weighted by atomic mass is 9.95. The fourth-order valence-corrected chi connectivity index (χ4v) is 4.14. The van der Waals surface area contributed by atoms with E-state index < -0.39 is 47.1 Å². The van der Waals surface area contributed by atoms with E-state index >= 15 is 0 Å². The van der Waals surface area contributed by atoms with E-state index in [0.717, 1.165) is 7.05 Å². The van der Waals surface area contributed by atoms with Gasteiger partial charge in [0.25, 0.3) is 5.56 Å². The number of halogens is 7. The van der Waals surface area contributed by atoms with Gasteiger partial charge in [-0.1, -0.05) is 41.9 Å². The van der Waals surface area contributed by atoms with Gasteiger partial charge in [0.1, 0.15) is 0 Å². The molecule has 0 fully saturated rings. The van der Waals surface area contributed by atoms with Crippen molar-refractivity contribution >= 4 is 34.0 Å². The number of anilines is 1. The average molecular weight is 539 g/mol. The molecule has 3 aromatic carbocycles. The summed E-state index contributed by atoms with van der Waals surface area (Å²) in [5, 5.41) is 1.06. The minimum absolute atomic E-state index is 0.0140. The Morgan fingerprint density at radius 3 is 2.03 bits per heavy atom. The van der Waals surface area contributed by atoms with Crippen molar-refractivity contribution in [3.63, 3.8) is 0 Å². The summed E-state index contributed by atoms with van der Waals surface area (Å²) in [6.45, 7) is 0. The number of pyridine rings is 1. The number of H-pyrrole nitrogens is 1. The number of carbonyl (C=O) groups excluding carboxylic acids is 1. The molecule has 0 spiro atoms. The first-order chi connectivity index (χ1) is 17.3. The van der Waals surface area contributed by atoms with Crippen LogP contribution in [0.1, 0.15) is 16.8 Å². The number of nitrogens with one attached hydrogen (secondary N) is 1. The number of alkyl halides is 6. The van der Waals surface area contributed by atoms with Gasteiger partial charge in [0, 0.05) is 34.4 Å². The molecule has 4 rings (SSSR count). The molecule has 0 saturated carbocycles. The zero-order chi connectivity index (χ0) is 27.1. The normalized spacial score (nSPS) is 12.1. The molecule has 0 aliphatic carbocycles. The summed E-state index contributed by atoms with van der Waals surface area (Å²) in [6, 6.07) is 14.2. The molecule has 0 aliphatic heterocycles. The van der Waals surface area contributed by atoms with Gasteiger partial charge in [-0.15, -0.1) is 0 Å². The quantitative estimate of drug-likeness (QED) is 0.282. The molecular formula is C26H17ClF6N2O2. The molecule has 4 nitrogen and oxygen atoms in total. The Morgan fingerprint density at radius 1 is 0.865 bits per heavy atom. The highest BCUT2D eigenvalue weighted by molar-refractivity contribution is 6.31. The SMILES string of the molecule is CN(C(=O)Cc1[nH]c(=O)c2ccc(Cl)cc2c1-c1ccccc1)c1cc(C(F)(F)F)cc(C(F)(F)F)c1. The highest BCUT2D eigenvalue weighted by Crippen LogP contribution is 2.38. The summed E-state index contributed by atoms with van der Waals surface area (Å²) in [7, 11) is 1.07. The highest BCUT2D eigenvalue weighted by Gasteiger charge is 2.37. The Balaban J connectivity index is 1.82. The Hall–Kier alpha value is -3.79. The average Bonchev–Trinajstić information content (AvgIpc) is 2.82. The zero-order valence-electron chi connectivity index (χ0n) is 19.0. The van der Waals surface area contributed by atoms with Crippen molar-refractivity contribution in [1.82, 2.24) is 4.98 Å². The van der Waals surface area contributed by atoms with E-state index in [1.54, 1.807) is 36.4 Å². The molecule has 192 valence electrons. The number of aromatic amines is 1. The van der Waals surface area contributed by atoms with Gasteiger partial charge in [0.2, 0.25) is 5.91 Å². The number of hydrogen-bond donors (Lipinski definition) is 1. The number of fused-ring (bicyclic) bond motifs is 1. The number of aromatic nitrogens is 1. The van der Waals surface area contributed by atoms with E-state index in [2.05, 4.69) is 4.98 Å². The molecule has 0 atom stereocenters. The highest BCUT2D eigenvalue weighted by atomic mass is 35.5. The van der Waals surface area contributed by atoms with E-state index in [4.69, 9.17) is 11.6 Å². The second-order valence-electron chi connectivity index (χ2n) is 8.26. The van der Waals surface area contributed by atoms with Crippen molar-refractivity contribution in [2.75, 3.05) is 11.9 Å². The molecule has 11 heteroatoms. The van der Waals surface area contributed by atoms with Crippen LogP contribution in [0.5, 0.6) is 0 Å². The Kier molecular flexibility index (Phi) is 6.81. The van der Waals surface area contributed by atoms with Crippen LogP contribution in [-0.4, -0.2) is 17.9 Å². The molecule has 1 N–H and O–H groups in total. The molecular weight excluding hydrogens is 522 g/mol. The third-order valence-electron chi connectivity index (χ3n) is 5.79. The maximum absolute atomic E-state index is 13.3. The minimum Gasteiger partial charge on any atom is -0.325 e. The van der Waals surface area contributed by atoms with Gasteiger partial charge in [-0.3, -0.25) is 9.59 Å². The van der Waals surface area contributed by atoms with Crippen LogP contribution < -0.4 is 10.5 Å². The Morgan fingerprint density at radius 2 is 1.46 bits per heavy atom. The molecule has 1 amide bonds. The van der Waals surface area contributed by atoms with Gasteiger partial charge in [-0.05, 0) is 47.3 Å². The fourth-order valence-electron chi connectivity index (χ4n) is 3.96. The third-order valence-corrected chi connectivity index (χ3v) is 6.02. The van der Waals surface area contributed by atoms with E-state index in [-0.39, 0.29) is 11.8 Å². The first-order valence-electron chi connectivity index (χ1n) is 10.7. The maximum Gasteiger partial charge on any atom is 0.416 e. The van der Waals surface area contributed by atoms with Gasteiger partial charge in [-0.25, -0.2) is 0 Å². The Labute approximate surface area is 211 Å². The molecule has 0 saturated heterocycles. The van der Waals surface area contributed by atoms with Gasteiger partial charge in [-0.2, -0.15) is 26.3 Å². The number of rotatable bonds is 4. The van der Waals surface area contributed by atoms with E-state index in [1.807, 2.05) is 0 Å². The van der Waals surface area contributed by atoms with Crippen LogP contribution in [0.15, 0.2) is 71.5 Å². The second-order valence-corrected chi connectivity index (χ2v) is 8.69. The zero-order valence-corrected chi connectivity index (χ0v) is 19.7. The summed E-state index contributed by atoms with van der Waals surface area (Å²) >= 11 is 6.15. The number of likely N-dealkylation sites (N-methyl/N-ethyl adjacent to an activating group) is 1. The third kappa shape index (κ3) is 5.48. The summed E-state index contributed by atoms with van der Waals surface area (Å²) in [4.78, 5) is 29.2. The molecule has 1 aromatic heterocycles. The van der Waals surface area contributed by atoms with Crippen molar-refractivity contribution in [2.45, 2.75) is 18.8 Å². The number of nitrogens with zero attached hydrogens (tertiary/aromatic N) is 1. The van der Waals surface area contributed by atoms with Crippen LogP contribution in [0.3, 0.4) is 0 Å². The van der Waals surface area contributed by atoms with Crippen LogP contribution >= 0.6 is 11.6 Å². The molecule has 4 aromatic rings. The maximum atomic E-state index is 13.3. The molecule has 0 aliphatic rings. The predicted octanol–water partition coefficient (Wildman–Crippen LogP) is 7.09. The summed E-state index contributed by atoms with van der Waals surface area (Å²) in [6.07, 6.45) is -10.7. The first-order valence-corrected chi connectivity index (χ1v) is 11.1. The lowest BCUT2D eigenvalue weighted by Gasteiger charge is -2.22. The second kappa shape index (κ2) is 9.59. The van der Waals surface area contributed by atoms with Crippen molar-refractivity contribution in [2.24, 2.45) is 0 Å². The van der Waals surface area contributed by atoms with Crippen molar-refractivity contribution in [1.29, 1.82) is 0 Å². The van der Waals surface area contributed by atoms with Crippen molar-refractivity contribution in [3.8, 4) is 11.1 Å². The molecule has 37 heavy (non-hydrogen) atoms. The lowest BCUT2D eigenvalue weighted by Crippen LogP contribution is -2.30. The van der Waals surface area contributed by atoms with Crippen LogP contribution in [0.4, 0.5) is 32.0 Å². The smallest absolute Gasteiger partial charge is 0.325 e. The number of benzene rings is 3. The van der Waals surface area contributed by atoms with Gasteiger partial charge >= 0.3 is 12.4 Å². The monoisotopic (exact) mass is 538 g/mol. The van der Waals surface area contributed by atoms with Gasteiger partial charge < -0.3 is 9.88 Å². The number of amides is 1. The molecule has 1 heterocycles. The minimum atomic E-state index is -5.07. The number of carbonyl (C=O) groups is 1. The van der Waals surface area contributed by atoms with E-state index in [0.29, 0.717) is 44.0 Å². The summed E-state index contributed by atoms with van der Waals surface area (Å²) in [5.74, 6) is -0.846. The fraction of sp³-hybridized carbons (Fsp3) is 0.154. The van der Waals surface area contributed by atoms with Crippen LogP contribution in [-0.2, 0) is 23.6 Å². The lowest BCUT2D eigenvalue weighted by molar-refractivity contribution is -0.143. The van der Waals surface area contributed by atoms with Crippen LogP contribution in [0.25, 0.3) is 21.9 Å². The van der Waals surface area contributed by atoms with Gasteiger partial charge in [0.05, 0.1) is 17.5 Å². The Bertz CT molecular complexity index is 1510. The summed E-state index contributed by atoms with van der Waals surface area (Å²) in [5.41, 5.74) is -3.01. The van der Waals surface area contributed by atoms with Crippen molar-refractivity contribution < 1.29 is 31.1 Å². The summed E-state index contributed by atoms with van der Waals surface area (Å²) < 4.78 is 79.8. The van der Waals surface area contributed by atoms with Crippen LogP contribution in [0.2, 0.25) is 5.02 Å². The first kappa shape index (κ1) is 26.3. The molecule has 0 unspecified atom stereocenters. The van der Waals surface area contributed by atoms with E-state index in [9.17, 15) is 35.9 Å². The van der Waals surface area contributed by atoms with Crippen molar-refractivity contribution in [3.05, 3.63) is 98.9 Å². The predicted molar refractivity (Wildman–Crippen MR) is 129 cm³/mol. The van der Waals surface area contributed by atoms with Crippen LogP contribution in [0, 0.1) is 0 Å². The topological polar surface area (TPSA) is 53.2 Å². The number of hydrogen-bond acceptors (Lipinski definition) is 2. The van der Waals surface area contributed by atoms with E-state index in [1.165, 1.54) is 12.1 Å². The standard InChI is InChI=1S/C26H17ClF6N2O2/c1-35(18-10-15(25(28,29)30)9-16(11-18)26(31,32)33)22(36)13-21-23(14-5-3-2-4-6-14)20-12-17(27)7-8-19(20)24(37)34-21/h2-12H,13H2,1H3,(H,34,37). The van der Waals surface area contributed by atoms with Gasteiger partial charge in [0.15, 0.2) is 0 Å². The largest absolute Gasteiger partial charge is 0.416 e. The molecule has 0 bridgehead atoms. The molecule has 0 radical (unpaired) electrons.